The molecule has 54 valence electrons. The zero-order valence-corrected chi connectivity index (χ0v) is 7.00. The summed E-state index contributed by atoms with van der Waals surface area (Å²) in [5.74, 6) is 0.217. The number of alkyl halides is 1. The third kappa shape index (κ3) is 1.09. The van der Waals surface area contributed by atoms with Crippen LogP contribution < -0.4 is 0 Å². The van der Waals surface area contributed by atoms with Crippen molar-refractivity contribution in [1.29, 1.82) is 0 Å². The first-order chi connectivity index (χ1) is 4.79. The third-order valence-corrected chi connectivity index (χ3v) is 1.85. The van der Waals surface area contributed by atoms with E-state index in [1.807, 2.05) is 0 Å². The summed E-state index contributed by atoms with van der Waals surface area (Å²) in [6, 6.07) is 0. The van der Waals surface area contributed by atoms with Gasteiger partial charge in [0.05, 0.1) is 6.20 Å². The van der Waals surface area contributed by atoms with Crippen molar-refractivity contribution < 1.29 is 0 Å². The van der Waals surface area contributed by atoms with Crippen LogP contribution in [0.2, 0.25) is 0 Å². The van der Waals surface area contributed by atoms with Crippen LogP contribution in [0.5, 0.6) is 0 Å². The quantitative estimate of drug-likeness (QED) is 0.543. The molecule has 0 N–H and O–H groups in total. The molecule has 1 aromatic rings. The van der Waals surface area contributed by atoms with Crippen LogP contribution in [-0.4, -0.2) is 9.55 Å². The van der Waals surface area contributed by atoms with Crippen molar-refractivity contribution in [2.24, 2.45) is 12.2 Å². The number of hydrogen-bond donors (Lipinski definition) is 0. The van der Waals surface area contributed by atoms with Gasteiger partial charge in [0.1, 0.15) is 0 Å². The van der Waals surface area contributed by atoms with Crippen molar-refractivity contribution in [3.05, 3.63) is 16.8 Å². The fourth-order valence-electron chi connectivity index (χ4n) is 0.643. The summed E-state index contributed by atoms with van der Waals surface area (Å²) in [6.45, 7) is 0. The molecule has 0 aliphatic rings. The predicted octanol–water partition coefficient (Wildman–Crippen LogP) is 1.71. The Labute approximate surface area is 66.4 Å². The van der Waals surface area contributed by atoms with E-state index < -0.39 is 0 Å². The second-order valence-corrected chi connectivity index (χ2v) is 2.39. The number of imidazole rings is 1. The molecule has 1 heterocycles. The molecule has 0 spiro atoms. The standard InChI is InChI=1S/C5H6BrN3O/c1-9-4(2-6)3-7-5(9)8-10/h3H,2H2,1H3. The highest BCUT2D eigenvalue weighted by atomic mass is 79.9. The van der Waals surface area contributed by atoms with Crippen molar-refractivity contribution >= 4 is 21.9 Å². The van der Waals surface area contributed by atoms with E-state index in [1.54, 1.807) is 17.8 Å². The van der Waals surface area contributed by atoms with Gasteiger partial charge in [-0.3, -0.25) is 0 Å². The Morgan fingerprint density at radius 1 is 1.90 bits per heavy atom. The van der Waals surface area contributed by atoms with Gasteiger partial charge in [-0.2, -0.15) is 0 Å². The lowest BCUT2D eigenvalue weighted by atomic mass is 10.5. The largest absolute Gasteiger partial charge is 0.312 e. The average molecular weight is 204 g/mol. The second-order valence-electron chi connectivity index (χ2n) is 1.83. The highest BCUT2D eigenvalue weighted by molar-refractivity contribution is 9.08. The van der Waals surface area contributed by atoms with Crippen molar-refractivity contribution in [3.8, 4) is 0 Å². The van der Waals surface area contributed by atoms with Crippen LogP contribution >= 0.6 is 15.9 Å². The molecule has 0 bridgehead atoms. The SMILES string of the molecule is Cn1c(CBr)cnc1N=O. The summed E-state index contributed by atoms with van der Waals surface area (Å²) < 4.78 is 1.64. The molecule has 1 rings (SSSR count). The van der Waals surface area contributed by atoms with Gasteiger partial charge in [0.15, 0.2) is 0 Å². The lowest BCUT2D eigenvalue weighted by Gasteiger charge is -1.94. The van der Waals surface area contributed by atoms with Crippen LogP contribution in [0.4, 0.5) is 5.95 Å². The van der Waals surface area contributed by atoms with Crippen molar-refractivity contribution in [2.45, 2.75) is 5.33 Å². The van der Waals surface area contributed by atoms with E-state index in [9.17, 15) is 4.91 Å². The normalized spacial score (nSPS) is 9.80. The van der Waals surface area contributed by atoms with Crippen LogP contribution in [0, 0.1) is 4.91 Å². The van der Waals surface area contributed by atoms with Gasteiger partial charge in [0.2, 0.25) is 0 Å². The maximum atomic E-state index is 10.0. The van der Waals surface area contributed by atoms with E-state index in [0.717, 1.165) is 5.69 Å². The zero-order chi connectivity index (χ0) is 7.56. The van der Waals surface area contributed by atoms with Gasteiger partial charge >= 0.3 is 0 Å². The number of rotatable bonds is 2. The van der Waals surface area contributed by atoms with E-state index >= 15 is 0 Å². The van der Waals surface area contributed by atoms with Crippen molar-refractivity contribution in [3.63, 3.8) is 0 Å². The summed E-state index contributed by atoms with van der Waals surface area (Å²) in [6.07, 6.45) is 1.62. The molecule has 0 aliphatic heterocycles. The van der Waals surface area contributed by atoms with Gasteiger partial charge in [0.25, 0.3) is 5.95 Å². The number of aromatic nitrogens is 2. The molecular weight excluding hydrogens is 198 g/mol. The van der Waals surface area contributed by atoms with Crippen LogP contribution in [0.25, 0.3) is 0 Å². The maximum Gasteiger partial charge on any atom is 0.271 e. The number of nitrogens with zero attached hydrogens (tertiary/aromatic N) is 3. The molecule has 0 fully saturated rings. The zero-order valence-electron chi connectivity index (χ0n) is 5.41. The van der Waals surface area contributed by atoms with Gasteiger partial charge in [-0.15, -0.1) is 4.91 Å². The van der Waals surface area contributed by atoms with E-state index in [4.69, 9.17) is 0 Å². The van der Waals surface area contributed by atoms with Crippen molar-refractivity contribution in [2.75, 3.05) is 0 Å². The fraction of sp³-hybridized carbons (Fsp3) is 0.400. The van der Waals surface area contributed by atoms with Gasteiger partial charge < -0.3 is 4.57 Å². The maximum absolute atomic E-state index is 10.0. The Morgan fingerprint density at radius 2 is 2.60 bits per heavy atom. The minimum absolute atomic E-state index is 0.217. The molecule has 5 heteroatoms. The highest BCUT2D eigenvalue weighted by Gasteiger charge is 2.03. The Kier molecular flexibility index (Phi) is 2.16. The molecular formula is C5H6BrN3O. The Hall–Kier alpha value is -0.710. The van der Waals surface area contributed by atoms with Gasteiger partial charge in [-0.1, -0.05) is 15.9 Å². The molecule has 0 aromatic carbocycles. The second kappa shape index (κ2) is 2.92. The fourth-order valence-corrected chi connectivity index (χ4v) is 1.16. The summed E-state index contributed by atoms with van der Waals surface area (Å²) in [5.41, 5.74) is 0.939. The van der Waals surface area contributed by atoms with E-state index in [2.05, 4.69) is 26.1 Å². The Bertz CT molecular complexity index is 245. The summed E-state index contributed by atoms with van der Waals surface area (Å²) >= 11 is 3.25. The predicted molar refractivity (Wildman–Crippen MR) is 41.3 cm³/mol. The van der Waals surface area contributed by atoms with Gasteiger partial charge in [-0.25, -0.2) is 4.98 Å². The Balaban J connectivity index is 3.08. The van der Waals surface area contributed by atoms with Crippen LogP contribution in [-0.2, 0) is 12.4 Å². The molecule has 10 heavy (non-hydrogen) atoms. The number of halogens is 1. The first kappa shape index (κ1) is 7.40. The molecule has 0 aliphatic carbocycles. The molecule has 0 atom stereocenters. The molecule has 4 nitrogen and oxygen atoms in total. The van der Waals surface area contributed by atoms with Crippen molar-refractivity contribution in [1.82, 2.24) is 9.55 Å². The molecule has 1 aromatic heterocycles. The number of nitroso groups, excluding NO2 is 1. The van der Waals surface area contributed by atoms with E-state index in [0.29, 0.717) is 5.33 Å². The summed E-state index contributed by atoms with van der Waals surface area (Å²) in [7, 11) is 1.75. The smallest absolute Gasteiger partial charge is 0.271 e. The Morgan fingerprint density at radius 3 is 2.90 bits per heavy atom. The topological polar surface area (TPSA) is 47.2 Å². The molecule has 0 unspecified atom stereocenters. The highest BCUT2D eigenvalue weighted by Crippen LogP contribution is 2.12. The minimum atomic E-state index is 0.217. The molecule has 0 radical (unpaired) electrons. The van der Waals surface area contributed by atoms with Crippen LogP contribution in [0.15, 0.2) is 11.4 Å². The molecule has 0 saturated heterocycles. The van der Waals surface area contributed by atoms with Crippen LogP contribution in [0.3, 0.4) is 0 Å². The van der Waals surface area contributed by atoms with Gasteiger partial charge in [-0.05, 0) is 0 Å². The molecule has 0 saturated carbocycles. The lowest BCUT2D eigenvalue weighted by molar-refractivity contribution is 0.868. The first-order valence-electron chi connectivity index (χ1n) is 2.69. The monoisotopic (exact) mass is 203 g/mol. The van der Waals surface area contributed by atoms with Crippen LogP contribution in [0.1, 0.15) is 5.69 Å². The molecule has 0 amide bonds. The average Bonchev–Trinajstić information content (AvgIpc) is 2.30. The summed E-state index contributed by atoms with van der Waals surface area (Å²) in [4.78, 5) is 13.8. The first-order valence-corrected chi connectivity index (χ1v) is 3.81. The summed E-state index contributed by atoms with van der Waals surface area (Å²) in [5, 5.41) is 3.41. The van der Waals surface area contributed by atoms with E-state index in [1.165, 1.54) is 0 Å². The van der Waals surface area contributed by atoms with Gasteiger partial charge in [0, 0.05) is 23.2 Å². The lowest BCUT2D eigenvalue weighted by Crippen LogP contribution is -1.91. The minimum Gasteiger partial charge on any atom is -0.312 e. The third-order valence-electron chi connectivity index (χ3n) is 1.28. The van der Waals surface area contributed by atoms with E-state index in [-0.39, 0.29) is 5.95 Å². The number of hydrogen-bond acceptors (Lipinski definition) is 3.